The Balaban J connectivity index is 2.87. The Morgan fingerprint density at radius 2 is 1.82 bits per heavy atom. The third kappa shape index (κ3) is 3.80. The van der Waals surface area contributed by atoms with E-state index in [0.717, 1.165) is 19.4 Å². The lowest BCUT2D eigenvalue weighted by Gasteiger charge is -2.21. The van der Waals surface area contributed by atoms with Crippen molar-refractivity contribution < 1.29 is 4.74 Å². The SMILES string of the molecule is COCCCC(NN)c1c(C)cc(C)cc1C. The molecule has 0 saturated heterocycles. The summed E-state index contributed by atoms with van der Waals surface area (Å²) < 4.78 is 5.08. The Morgan fingerprint density at radius 1 is 1.24 bits per heavy atom. The van der Waals surface area contributed by atoms with Gasteiger partial charge in [0.25, 0.3) is 0 Å². The quantitative estimate of drug-likeness (QED) is 0.453. The summed E-state index contributed by atoms with van der Waals surface area (Å²) in [5.74, 6) is 5.67. The molecule has 0 aliphatic rings. The number of aryl methyl sites for hydroxylation is 3. The van der Waals surface area contributed by atoms with Crippen LogP contribution in [0.3, 0.4) is 0 Å². The van der Waals surface area contributed by atoms with Crippen molar-refractivity contribution in [3.8, 4) is 0 Å². The first-order valence-electron chi connectivity index (χ1n) is 6.13. The first kappa shape index (κ1) is 14.2. The summed E-state index contributed by atoms with van der Waals surface area (Å²) >= 11 is 0. The van der Waals surface area contributed by atoms with Gasteiger partial charge in [0.05, 0.1) is 0 Å². The summed E-state index contributed by atoms with van der Waals surface area (Å²) in [6.07, 6.45) is 2.01. The van der Waals surface area contributed by atoms with Crippen molar-refractivity contribution in [1.29, 1.82) is 0 Å². The molecule has 0 bridgehead atoms. The maximum absolute atomic E-state index is 5.67. The maximum atomic E-state index is 5.67. The molecule has 17 heavy (non-hydrogen) atoms. The van der Waals surface area contributed by atoms with Gasteiger partial charge in [0.15, 0.2) is 0 Å². The van der Waals surface area contributed by atoms with Crippen LogP contribution in [0, 0.1) is 20.8 Å². The summed E-state index contributed by atoms with van der Waals surface area (Å²) in [5, 5.41) is 0. The highest BCUT2D eigenvalue weighted by Crippen LogP contribution is 2.26. The standard InChI is InChI=1S/C14H24N2O/c1-10-8-11(2)14(12(3)9-10)13(16-15)6-5-7-17-4/h8-9,13,16H,5-7,15H2,1-4H3. The fourth-order valence-corrected chi connectivity index (χ4v) is 2.48. The van der Waals surface area contributed by atoms with Crippen LogP contribution in [0.15, 0.2) is 12.1 Å². The van der Waals surface area contributed by atoms with Crippen LogP contribution in [0.2, 0.25) is 0 Å². The van der Waals surface area contributed by atoms with E-state index in [1.807, 2.05) is 0 Å². The summed E-state index contributed by atoms with van der Waals surface area (Å²) in [7, 11) is 1.73. The van der Waals surface area contributed by atoms with Gasteiger partial charge in [-0.3, -0.25) is 11.3 Å². The van der Waals surface area contributed by atoms with E-state index in [2.05, 4.69) is 38.3 Å². The smallest absolute Gasteiger partial charge is 0.0466 e. The second kappa shape index (κ2) is 6.74. The number of nitrogens with one attached hydrogen (secondary N) is 1. The lowest BCUT2D eigenvalue weighted by atomic mass is 9.92. The van der Waals surface area contributed by atoms with E-state index in [9.17, 15) is 0 Å². The average Bonchev–Trinajstić information content (AvgIpc) is 2.25. The molecule has 0 aliphatic carbocycles. The molecule has 0 amide bonds. The normalized spacial score (nSPS) is 12.8. The molecule has 0 saturated carbocycles. The molecule has 1 rings (SSSR count). The van der Waals surface area contributed by atoms with Gasteiger partial charge in [-0.2, -0.15) is 0 Å². The minimum absolute atomic E-state index is 0.214. The first-order valence-corrected chi connectivity index (χ1v) is 6.13. The molecule has 0 heterocycles. The van der Waals surface area contributed by atoms with Gasteiger partial charge in [-0.05, 0) is 50.3 Å². The first-order chi connectivity index (χ1) is 8.10. The van der Waals surface area contributed by atoms with Crippen molar-refractivity contribution in [2.24, 2.45) is 5.84 Å². The molecule has 96 valence electrons. The van der Waals surface area contributed by atoms with Crippen molar-refractivity contribution in [2.45, 2.75) is 39.7 Å². The number of hydrazine groups is 1. The molecule has 0 fully saturated rings. The number of ether oxygens (including phenoxy) is 1. The number of nitrogens with two attached hydrogens (primary N) is 1. The van der Waals surface area contributed by atoms with Crippen LogP contribution in [0.4, 0.5) is 0 Å². The van der Waals surface area contributed by atoms with E-state index in [1.165, 1.54) is 22.3 Å². The third-order valence-electron chi connectivity index (χ3n) is 3.13. The van der Waals surface area contributed by atoms with Gasteiger partial charge in [0.2, 0.25) is 0 Å². The topological polar surface area (TPSA) is 47.3 Å². The molecular weight excluding hydrogens is 212 g/mol. The largest absolute Gasteiger partial charge is 0.385 e. The van der Waals surface area contributed by atoms with Gasteiger partial charge in [-0.25, -0.2) is 0 Å². The van der Waals surface area contributed by atoms with Crippen LogP contribution in [0.1, 0.15) is 41.1 Å². The fraction of sp³-hybridized carbons (Fsp3) is 0.571. The Kier molecular flexibility index (Phi) is 5.62. The van der Waals surface area contributed by atoms with E-state index < -0.39 is 0 Å². The van der Waals surface area contributed by atoms with E-state index in [0.29, 0.717) is 0 Å². The Hall–Kier alpha value is -0.900. The lowest BCUT2D eigenvalue weighted by molar-refractivity contribution is 0.188. The molecule has 1 aromatic carbocycles. The number of methoxy groups -OCH3 is 1. The highest BCUT2D eigenvalue weighted by Gasteiger charge is 2.14. The Morgan fingerprint density at radius 3 is 2.29 bits per heavy atom. The van der Waals surface area contributed by atoms with Gasteiger partial charge >= 0.3 is 0 Å². The zero-order chi connectivity index (χ0) is 12.8. The zero-order valence-corrected chi connectivity index (χ0v) is 11.3. The van der Waals surface area contributed by atoms with Crippen LogP contribution in [0.25, 0.3) is 0 Å². The maximum Gasteiger partial charge on any atom is 0.0466 e. The molecule has 3 heteroatoms. The van der Waals surface area contributed by atoms with Crippen molar-refractivity contribution in [3.63, 3.8) is 0 Å². The van der Waals surface area contributed by atoms with Crippen LogP contribution in [-0.2, 0) is 4.74 Å². The summed E-state index contributed by atoms with van der Waals surface area (Å²) in [5.41, 5.74) is 8.17. The lowest BCUT2D eigenvalue weighted by Crippen LogP contribution is -2.29. The molecule has 0 spiro atoms. The molecular formula is C14H24N2O. The second-order valence-electron chi connectivity index (χ2n) is 4.67. The molecule has 1 unspecified atom stereocenters. The highest BCUT2D eigenvalue weighted by molar-refractivity contribution is 5.39. The van der Waals surface area contributed by atoms with Crippen LogP contribution in [0.5, 0.6) is 0 Å². The highest BCUT2D eigenvalue weighted by atomic mass is 16.5. The molecule has 0 aromatic heterocycles. The monoisotopic (exact) mass is 236 g/mol. The molecule has 3 N–H and O–H groups in total. The van der Waals surface area contributed by atoms with Gasteiger partial charge in [-0.15, -0.1) is 0 Å². The molecule has 1 atom stereocenters. The van der Waals surface area contributed by atoms with Crippen molar-refractivity contribution in [3.05, 3.63) is 34.4 Å². The summed E-state index contributed by atoms with van der Waals surface area (Å²) in [4.78, 5) is 0. The van der Waals surface area contributed by atoms with Crippen LogP contribution >= 0.6 is 0 Å². The summed E-state index contributed by atoms with van der Waals surface area (Å²) in [6.45, 7) is 7.20. The van der Waals surface area contributed by atoms with Crippen molar-refractivity contribution in [2.75, 3.05) is 13.7 Å². The van der Waals surface area contributed by atoms with Gasteiger partial charge in [0, 0.05) is 19.8 Å². The van der Waals surface area contributed by atoms with E-state index in [4.69, 9.17) is 10.6 Å². The van der Waals surface area contributed by atoms with Crippen LogP contribution in [-0.4, -0.2) is 13.7 Å². The van der Waals surface area contributed by atoms with Gasteiger partial charge in [0.1, 0.15) is 0 Å². The Labute approximate surface area is 104 Å². The fourth-order valence-electron chi connectivity index (χ4n) is 2.48. The Bertz CT molecular complexity index is 340. The summed E-state index contributed by atoms with van der Waals surface area (Å²) in [6, 6.07) is 4.64. The number of rotatable bonds is 6. The molecule has 1 aromatic rings. The predicted molar refractivity (Wildman–Crippen MR) is 71.8 cm³/mol. The third-order valence-corrected chi connectivity index (χ3v) is 3.13. The zero-order valence-electron chi connectivity index (χ0n) is 11.3. The molecule has 3 nitrogen and oxygen atoms in total. The van der Waals surface area contributed by atoms with E-state index in [-0.39, 0.29) is 6.04 Å². The van der Waals surface area contributed by atoms with E-state index >= 15 is 0 Å². The minimum atomic E-state index is 0.214. The number of benzene rings is 1. The molecule has 0 radical (unpaired) electrons. The number of hydrogen-bond donors (Lipinski definition) is 2. The minimum Gasteiger partial charge on any atom is -0.385 e. The van der Waals surface area contributed by atoms with Gasteiger partial charge in [-0.1, -0.05) is 17.7 Å². The van der Waals surface area contributed by atoms with E-state index in [1.54, 1.807) is 7.11 Å². The van der Waals surface area contributed by atoms with Crippen LogP contribution < -0.4 is 11.3 Å². The second-order valence-corrected chi connectivity index (χ2v) is 4.67. The predicted octanol–water partition coefficient (Wildman–Crippen LogP) is 2.54. The average molecular weight is 236 g/mol. The number of hydrogen-bond acceptors (Lipinski definition) is 3. The van der Waals surface area contributed by atoms with Crippen molar-refractivity contribution >= 4 is 0 Å². The van der Waals surface area contributed by atoms with Crippen molar-refractivity contribution in [1.82, 2.24) is 5.43 Å². The van der Waals surface area contributed by atoms with Gasteiger partial charge < -0.3 is 4.74 Å². The molecule has 0 aliphatic heterocycles.